The lowest BCUT2D eigenvalue weighted by Crippen LogP contribution is -2.36. The lowest BCUT2D eigenvalue weighted by molar-refractivity contribution is 0.999. The van der Waals surface area contributed by atoms with E-state index in [-0.39, 0.29) is 5.96 Å². The Kier molecular flexibility index (Phi) is 2.13. The summed E-state index contributed by atoms with van der Waals surface area (Å²) in [5.74, 6) is 5.06. The Morgan fingerprint density at radius 1 is 1.80 bits per heavy atom. The minimum absolute atomic E-state index is 0.122. The van der Waals surface area contributed by atoms with E-state index in [0.717, 1.165) is 0 Å². The van der Waals surface area contributed by atoms with E-state index in [1.807, 2.05) is 0 Å². The fraction of sp³-hybridized carbons (Fsp3) is 0. The SMILES string of the molecule is NN/C(N)=N/c1nncs1. The van der Waals surface area contributed by atoms with Gasteiger partial charge in [0.15, 0.2) is 0 Å². The van der Waals surface area contributed by atoms with E-state index < -0.39 is 0 Å². The summed E-state index contributed by atoms with van der Waals surface area (Å²) < 4.78 is 0. The second-order valence-electron chi connectivity index (χ2n) is 1.36. The predicted octanol–water partition coefficient (Wildman–Crippen LogP) is -1.05. The van der Waals surface area contributed by atoms with Gasteiger partial charge in [-0.2, -0.15) is 4.99 Å². The van der Waals surface area contributed by atoms with Gasteiger partial charge in [0.1, 0.15) is 5.51 Å². The van der Waals surface area contributed by atoms with Gasteiger partial charge in [-0.15, -0.1) is 10.2 Å². The van der Waals surface area contributed by atoms with Crippen molar-refractivity contribution in [3.63, 3.8) is 0 Å². The van der Waals surface area contributed by atoms with Gasteiger partial charge in [-0.25, -0.2) is 5.84 Å². The summed E-state index contributed by atoms with van der Waals surface area (Å²) >= 11 is 1.28. The van der Waals surface area contributed by atoms with E-state index in [1.54, 1.807) is 5.51 Å². The van der Waals surface area contributed by atoms with Crippen LogP contribution in [0.1, 0.15) is 0 Å². The summed E-state index contributed by atoms with van der Waals surface area (Å²) in [6.45, 7) is 0. The average Bonchev–Trinajstić information content (AvgIpc) is 2.40. The first-order valence-electron chi connectivity index (χ1n) is 2.40. The van der Waals surface area contributed by atoms with Crippen LogP contribution in [0.25, 0.3) is 0 Å². The maximum absolute atomic E-state index is 5.22. The van der Waals surface area contributed by atoms with Crippen molar-refractivity contribution in [2.45, 2.75) is 0 Å². The minimum Gasteiger partial charge on any atom is -0.369 e. The largest absolute Gasteiger partial charge is 0.369 e. The van der Waals surface area contributed by atoms with Crippen LogP contribution in [-0.2, 0) is 0 Å². The van der Waals surface area contributed by atoms with Crippen LogP contribution >= 0.6 is 11.3 Å². The van der Waals surface area contributed by atoms with Gasteiger partial charge in [-0.3, -0.25) is 5.43 Å². The summed E-state index contributed by atoms with van der Waals surface area (Å²) in [5, 5.41) is 7.64. The van der Waals surface area contributed by atoms with Crippen molar-refractivity contribution >= 4 is 22.4 Å². The van der Waals surface area contributed by atoms with Crippen molar-refractivity contribution < 1.29 is 0 Å². The molecule has 10 heavy (non-hydrogen) atoms. The van der Waals surface area contributed by atoms with Crippen LogP contribution < -0.4 is 17.0 Å². The topological polar surface area (TPSA) is 102 Å². The molecular formula is C3H6N6S. The first-order chi connectivity index (χ1) is 4.83. The molecule has 7 heteroatoms. The summed E-state index contributed by atoms with van der Waals surface area (Å²) in [6.07, 6.45) is 0. The molecule has 1 aromatic rings. The first-order valence-corrected chi connectivity index (χ1v) is 3.28. The molecule has 5 N–H and O–H groups in total. The Labute approximate surface area is 60.9 Å². The van der Waals surface area contributed by atoms with Crippen molar-refractivity contribution in [3.05, 3.63) is 5.51 Å². The van der Waals surface area contributed by atoms with Crippen LogP contribution in [0.2, 0.25) is 0 Å². The molecular weight excluding hydrogens is 152 g/mol. The van der Waals surface area contributed by atoms with Crippen LogP contribution in [0.5, 0.6) is 0 Å². The quantitative estimate of drug-likeness (QED) is 0.209. The van der Waals surface area contributed by atoms with Gasteiger partial charge in [0.25, 0.3) is 0 Å². The van der Waals surface area contributed by atoms with Crippen LogP contribution in [0.15, 0.2) is 10.5 Å². The minimum atomic E-state index is 0.122. The fourth-order valence-corrected chi connectivity index (χ4v) is 0.785. The molecule has 0 radical (unpaired) electrons. The molecule has 0 aliphatic rings. The molecule has 0 aliphatic carbocycles. The molecule has 1 aromatic heterocycles. The molecule has 0 amide bonds. The summed E-state index contributed by atoms with van der Waals surface area (Å²) in [6, 6.07) is 0. The van der Waals surface area contributed by atoms with Gasteiger partial charge >= 0.3 is 0 Å². The maximum Gasteiger partial charge on any atom is 0.234 e. The fourth-order valence-electron chi connectivity index (χ4n) is 0.351. The Bertz CT molecular complexity index is 215. The van der Waals surface area contributed by atoms with Crippen molar-refractivity contribution in [1.29, 1.82) is 0 Å². The van der Waals surface area contributed by atoms with Crippen molar-refractivity contribution in [2.75, 3.05) is 0 Å². The van der Waals surface area contributed by atoms with Gasteiger partial charge in [-0.05, 0) is 0 Å². The first kappa shape index (κ1) is 6.90. The number of aliphatic imine (C=N–C) groups is 1. The molecule has 1 heterocycles. The monoisotopic (exact) mass is 158 g/mol. The third-order valence-electron chi connectivity index (χ3n) is 0.713. The Morgan fingerprint density at radius 2 is 2.60 bits per heavy atom. The number of rotatable bonds is 1. The molecule has 0 fully saturated rings. The van der Waals surface area contributed by atoms with Crippen LogP contribution in [0.4, 0.5) is 5.13 Å². The van der Waals surface area contributed by atoms with Crippen molar-refractivity contribution in [2.24, 2.45) is 16.6 Å². The molecule has 0 saturated heterocycles. The Balaban J connectivity index is 2.71. The van der Waals surface area contributed by atoms with E-state index in [4.69, 9.17) is 11.6 Å². The third-order valence-corrected chi connectivity index (χ3v) is 1.30. The molecule has 0 aliphatic heterocycles. The number of nitrogens with zero attached hydrogens (tertiary/aromatic N) is 3. The third kappa shape index (κ3) is 1.64. The van der Waals surface area contributed by atoms with Gasteiger partial charge in [-0.1, -0.05) is 11.3 Å². The molecule has 0 aromatic carbocycles. The number of hydrazine groups is 1. The molecule has 0 bridgehead atoms. The number of nitrogens with two attached hydrogens (primary N) is 2. The molecule has 1 rings (SSSR count). The number of hydrogen-bond acceptors (Lipinski definition) is 5. The summed E-state index contributed by atoms with van der Waals surface area (Å²) in [7, 11) is 0. The summed E-state index contributed by atoms with van der Waals surface area (Å²) in [4.78, 5) is 3.74. The molecule has 0 atom stereocenters. The molecule has 0 saturated carbocycles. The zero-order valence-corrected chi connectivity index (χ0v) is 5.80. The molecule has 0 unspecified atom stereocenters. The number of hydrogen-bond donors (Lipinski definition) is 3. The van der Waals surface area contributed by atoms with Crippen LogP contribution in [0.3, 0.4) is 0 Å². The highest BCUT2D eigenvalue weighted by Gasteiger charge is 1.92. The Hall–Kier alpha value is -1.21. The normalized spacial score (nSPS) is 11.5. The lowest BCUT2D eigenvalue weighted by Gasteiger charge is -1.92. The van der Waals surface area contributed by atoms with Gasteiger partial charge in [0, 0.05) is 0 Å². The second-order valence-corrected chi connectivity index (χ2v) is 2.17. The zero-order chi connectivity index (χ0) is 7.40. The highest BCUT2D eigenvalue weighted by molar-refractivity contribution is 7.13. The van der Waals surface area contributed by atoms with Crippen LogP contribution in [-0.4, -0.2) is 16.2 Å². The average molecular weight is 158 g/mol. The van der Waals surface area contributed by atoms with Gasteiger partial charge in [0.05, 0.1) is 0 Å². The molecule has 6 nitrogen and oxygen atoms in total. The lowest BCUT2D eigenvalue weighted by atomic mass is 11.0. The summed E-state index contributed by atoms with van der Waals surface area (Å²) in [5.41, 5.74) is 8.94. The number of guanidine groups is 1. The van der Waals surface area contributed by atoms with E-state index in [9.17, 15) is 0 Å². The number of nitrogens with one attached hydrogen (secondary N) is 1. The van der Waals surface area contributed by atoms with E-state index in [2.05, 4.69) is 20.6 Å². The Morgan fingerprint density at radius 3 is 3.10 bits per heavy atom. The highest BCUT2D eigenvalue weighted by atomic mass is 32.1. The second kappa shape index (κ2) is 3.08. The van der Waals surface area contributed by atoms with Crippen LogP contribution in [0, 0.1) is 0 Å². The van der Waals surface area contributed by atoms with Gasteiger partial charge < -0.3 is 5.73 Å². The molecule has 0 spiro atoms. The van der Waals surface area contributed by atoms with E-state index in [1.165, 1.54) is 11.3 Å². The predicted molar refractivity (Wildman–Crippen MR) is 38.5 cm³/mol. The van der Waals surface area contributed by atoms with Crippen molar-refractivity contribution in [3.8, 4) is 0 Å². The maximum atomic E-state index is 5.22. The van der Waals surface area contributed by atoms with Crippen molar-refractivity contribution in [1.82, 2.24) is 15.6 Å². The van der Waals surface area contributed by atoms with E-state index >= 15 is 0 Å². The standard InChI is InChI=1S/C3H6N6S/c4-2(8-5)7-3-9-6-1-10-3/h1H,5H2,(H3,4,7,8,9). The highest BCUT2D eigenvalue weighted by Crippen LogP contribution is 2.11. The van der Waals surface area contributed by atoms with E-state index in [0.29, 0.717) is 5.13 Å². The number of aromatic nitrogens is 2. The molecule has 54 valence electrons. The smallest absolute Gasteiger partial charge is 0.234 e. The van der Waals surface area contributed by atoms with Gasteiger partial charge in [0.2, 0.25) is 11.1 Å². The zero-order valence-electron chi connectivity index (χ0n) is 4.98.